The number of rotatable bonds is 1. The van der Waals surface area contributed by atoms with E-state index in [9.17, 15) is 9.59 Å². The van der Waals surface area contributed by atoms with Gasteiger partial charge in [0.2, 0.25) is 12.7 Å². The highest BCUT2D eigenvalue weighted by Gasteiger charge is 2.48. The monoisotopic (exact) mass is 377 g/mol. The molecular formula is C21H19N3O4. The van der Waals surface area contributed by atoms with Crippen LogP contribution in [0.3, 0.4) is 0 Å². The fourth-order valence-electron chi connectivity index (χ4n) is 4.67. The number of likely N-dealkylation sites (N-methyl/N-ethyl adjacent to an activating group) is 1. The largest absolute Gasteiger partial charge is 0.454 e. The summed E-state index contributed by atoms with van der Waals surface area (Å²) >= 11 is 0. The summed E-state index contributed by atoms with van der Waals surface area (Å²) in [6, 6.07) is 13.1. The standard InChI is InChI=1S/C21H17N3O4.H2/c1-23-20(25)13-9-24(21(23)26)19(11-6-7-15-16(8-11)28-10-27-15)18-17(13)12-4-2-3-5-14(12)22-18;/h2-8,13,19,22H,9-10H2,1H3;1H/t13-,19+;/m0./s1. The third-order valence-electron chi connectivity index (χ3n) is 5.96. The predicted octanol–water partition coefficient (Wildman–Crippen LogP) is 3.22. The minimum atomic E-state index is -0.362. The molecule has 4 heterocycles. The van der Waals surface area contributed by atoms with E-state index in [-0.39, 0.29) is 32.1 Å². The zero-order chi connectivity index (χ0) is 19.0. The molecule has 7 heteroatoms. The number of nitrogens with zero attached hydrogens (tertiary/aromatic N) is 2. The first kappa shape index (κ1) is 15.6. The van der Waals surface area contributed by atoms with E-state index in [0.717, 1.165) is 27.7 Å². The van der Waals surface area contributed by atoms with Gasteiger partial charge in [-0.05, 0) is 29.3 Å². The lowest BCUT2D eigenvalue weighted by molar-refractivity contribution is -0.132. The highest BCUT2D eigenvalue weighted by molar-refractivity contribution is 6.04. The summed E-state index contributed by atoms with van der Waals surface area (Å²) in [7, 11) is 1.56. The normalized spacial score (nSPS) is 22.8. The molecule has 0 aliphatic carbocycles. The van der Waals surface area contributed by atoms with Crippen LogP contribution in [0.5, 0.6) is 11.5 Å². The van der Waals surface area contributed by atoms with Crippen molar-refractivity contribution in [2.75, 3.05) is 20.4 Å². The second-order valence-electron chi connectivity index (χ2n) is 7.40. The Balaban J connectivity index is 0.00000181. The Morgan fingerprint density at radius 2 is 1.93 bits per heavy atom. The number of nitrogens with one attached hydrogen (secondary N) is 1. The number of carbonyl (C=O) groups excluding carboxylic acids is 2. The summed E-state index contributed by atoms with van der Waals surface area (Å²) in [6.07, 6.45) is 0. The van der Waals surface area contributed by atoms with Gasteiger partial charge in [-0.25, -0.2) is 4.79 Å². The molecule has 0 radical (unpaired) electrons. The Morgan fingerprint density at radius 3 is 2.82 bits per heavy atom. The van der Waals surface area contributed by atoms with Gasteiger partial charge in [-0.15, -0.1) is 0 Å². The average molecular weight is 377 g/mol. The zero-order valence-electron chi connectivity index (χ0n) is 15.1. The van der Waals surface area contributed by atoms with Crippen LogP contribution in [0.1, 0.15) is 30.2 Å². The molecule has 7 nitrogen and oxygen atoms in total. The molecule has 2 aromatic carbocycles. The number of H-pyrrole nitrogens is 1. The molecule has 2 bridgehead atoms. The van der Waals surface area contributed by atoms with Crippen LogP contribution in [0.2, 0.25) is 0 Å². The number of aromatic nitrogens is 1. The molecule has 28 heavy (non-hydrogen) atoms. The molecule has 3 aliphatic rings. The Kier molecular flexibility index (Phi) is 2.94. The fourth-order valence-corrected chi connectivity index (χ4v) is 4.67. The summed E-state index contributed by atoms with van der Waals surface area (Å²) in [6.45, 7) is 0.568. The summed E-state index contributed by atoms with van der Waals surface area (Å²) in [5.74, 6) is 0.855. The Morgan fingerprint density at radius 1 is 1.11 bits per heavy atom. The van der Waals surface area contributed by atoms with Crippen molar-refractivity contribution in [2.45, 2.75) is 12.0 Å². The van der Waals surface area contributed by atoms with Gasteiger partial charge in [0.05, 0.1) is 12.0 Å². The molecule has 0 unspecified atom stereocenters. The smallest absolute Gasteiger partial charge is 0.327 e. The summed E-state index contributed by atoms with van der Waals surface area (Å²) in [4.78, 5) is 32.3. The highest BCUT2D eigenvalue weighted by atomic mass is 16.7. The molecule has 3 aliphatic heterocycles. The van der Waals surface area contributed by atoms with E-state index in [1.165, 1.54) is 4.90 Å². The molecule has 3 amide bonds. The molecule has 6 rings (SSSR count). The van der Waals surface area contributed by atoms with Crippen LogP contribution in [0.15, 0.2) is 42.5 Å². The molecule has 1 N–H and O–H groups in total. The van der Waals surface area contributed by atoms with Crippen LogP contribution in [-0.2, 0) is 4.79 Å². The van der Waals surface area contributed by atoms with Gasteiger partial charge < -0.3 is 19.4 Å². The maximum Gasteiger partial charge on any atom is 0.327 e. The van der Waals surface area contributed by atoms with Crippen LogP contribution in [-0.4, -0.2) is 47.1 Å². The number of fused-ring (bicyclic) bond motifs is 7. The second kappa shape index (κ2) is 5.28. The van der Waals surface area contributed by atoms with Crippen molar-refractivity contribution in [1.29, 1.82) is 0 Å². The topological polar surface area (TPSA) is 74.9 Å². The fraction of sp³-hybridized carbons (Fsp3) is 0.238. The maximum absolute atomic E-state index is 12.9. The van der Waals surface area contributed by atoms with Gasteiger partial charge in [0.15, 0.2) is 11.5 Å². The number of urea groups is 1. The van der Waals surface area contributed by atoms with E-state index in [0.29, 0.717) is 18.0 Å². The van der Waals surface area contributed by atoms with Crippen LogP contribution in [0.25, 0.3) is 10.9 Å². The van der Waals surface area contributed by atoms with E-state index in [1.807, 2.05) is 42.5 Å². The predicted molar refractivity (Wildman–Crippen MR) is 102 cm³/mol. The Labute approximate surface area is 161 Å². The van der Waals surface area contributed by atoms with Crippen LogP contribution < -0.4 is 9.47 Å². The molecule has 142 valence electrons. The third-order valence-corrected chi connectivity index (χ3v) is 5.96. The van der Waals surface area contributed by atoms with Gasteiger partial charge in [-0.2, -0.15) is 0 Å². The number of hydrogen-bond donors (Lipinski definition) is 1. The SMILES string of the molecule is CN1C(=O)[C@H]2CN(C1=O)[C@H](c1ccc3c(c1)OCO3)c1[nH]c3ccccc3c12.[HH]. The lowest BCUT2D eigenvalue weighted by atomic mass is 9.83. The number of benzene rings is 2. The Bertz CT molecular complexity index is 1170. The molecule has 0 spiro atoms. The number of para-hydroxylation sites is 1. The number of amides is 3. The second-order valence-corrected chi connectivity index (χ2v) is 7.40. The third kappa shape index (κ3) is 1.88. The number of hydrogen-bond acceptors (Lipinski definition) is 4. The van der Waals surface area contributed by atoms with Gasteiger partial charge in [0.25, 0.3) is 0 Å². The number of imide groups is 1. The lowest BCUT2D eigenvalue weighted by Crippen LogP contribution is -2.57. The Hall–Kier alpha value is -3.48. The molecule has 3 aromatic rings. The minimum absolute atomic E-state index is 0. The molecule has 0 saturated carbocycles. The molecule has 1 aromatic heterocycles. The van der Waals surface area contributed by atoms with Gasteiger partial charge in [-0.3, -0.25) is 9.69 Å². The van der Waals surface area contributed by atoms with Crippen molar-refractivity contribution >= 4 is 22.8 Å². The number of carbonyl (C=O) groups is 2. The average Bonchev–Trinajstić information content (AvgIpc) is 3.33. The van der Waals surface area contributed by atoms with E-state index < -0.39 is 0 Å². The van der Waals surface area contributed by atoms with Gasteiger partial charge in [0.1, 0.15) is 0 Å². The number of ether oxygens (including phenoxy) is 2. The first-order valence-electron chi connectivity index (χ1n) is 9.21. The molecule has 2 atom stereocenters. The van der Waals surface area contributed by atoms with Crippen molar-refractivity contribution in [3.63, 3.8) is 0 Å². The molecular weight excluding hydrogens is 358 g/mol. The van der Waals surface area contributed by atoms with E-state index >= 15 is 0 Å². The van der Waals surface area contributed by atoms with E-state index in [4.69, 9.17) is 9.47 Å². The summed E-state index contributed by atoms with van der Waals surface area (Å²) in [5.41, 5.74) is 3.77. The summed E-state index contributed by atoms with van der Waals surface area (Å²) in [5, 5.41) is 1.03. The molecule has 1 fully saturated rings. The zero-order valence-corrected chi connectivity index (χ0v) is 15.1. The van der Waals surface area contributed by atoms with Crippen LogP contribution in [0.4, 0.5) is 4.79 Å². The van der Waals surface area contributed by atoms with Crippen molar-refractivity contribution in [1.82, 2.24) is 14.8 Å². The first-order chi connectivity index (χ1) is 13.6. The highest BCUT2D eigenvalue weighted by Crippen LogP contribution is 2.47. The quantitative estimate of drug-likeness (QED) is 0.707. The molecule has 1 saturated heterocycles. The van der Waals surface area contributed by atoms with Gasteiger partial charge in [-0.1, -0.05) is 24.3 Å². The van der Waals surface area contributed by atoms with Crippen molar-refractivity contribution in [3.8, 4) is 11.5 Å². The number of aromatic amines is 1. The first-order valence-corrected chi connectivity index (χ1v) is 9.21. The lowest BCUT2D eigenvalue weighted by Gasteiger charge is -2.45. The van der Waals surface area contributed by atoms with Crippen LogP contribution in [0, 0.1) is 0 Å². The van der Waals surface area contributed by atoms with Gasteiger partial charge in [0, 0.05) is 31.6 Å². The van der Waals surface area contributed by atoms with Crippen molar-refractivity contribution in [2.24, 2.45) is 0 Å². The van der Waals surface area contributed by atoms with E-state index in [1.54, 1.807) is 11.9 Å². The summed E-state index contributed by atoms with van der Waals surface area (Å²) < 4.78 is 11.0. The van der Waals surface area contributed by atoms with E-state index in [2.05, 4.69) is 4.98 Å². The van der Waals surface area contributed by atoms with Gasteiger partial charge >= 0.3 is 6.03 Å². The van der Waals surface area contributed by atoms with Crippen molar-refractivity contribution in [3.05, 3.63) is 59.3 Å². The van der Waals surface area contributed by atoms with Crippen LogP contribution >= 0.6 is 0 Å². The maximum atomic E-state index is 12.9. The van der Waals surface area contributed by atoms with Crippen molar-refractivity contribution < 1.29 is 20.5 Å². The minimum Gasteiger partial charge on any atom is -0.454 e.